The third-order valence-corrected chi connectivity index (χ3v) is 3.17. The molecule has 1 amide bonds. The highest BCUT2D eigenvalue weighted by molar-refractivity contribution is 9.10. The normalized spacial score (nSPS) is 12.2. The van der Waals surface area contributed by atoms with E-state index in [1.807, 2.05) is 0 Å². The molecule has 3 nitrogen and oxygen atoms in total. The summed E-state index contributed by atoms with van der Waals surface area (Å²) in [6.45, 7) is 1.77. The van der Waals surface area contributed by atoms with Crippen LogP contribution in [0.2, 0.25) is 0 Å². The van der Waals surface area contributed by atoms with Gasteiger partial charge >= 0.3 is 0 Å². The van der Waals surface area contributed by atoms with E-state index in [-0.39, 0.29) is 11.6 Å². The van der Waals surface area contributed by atoms with Crippen molar-refractivity contribution in [3.63, 3.8) is 0 Å². The van der Waals surface area contributed by atoms with Crippen molar-refractivity contribution in [1.82, 2.24) is 5.32 Å². The molecule has 18 heavy (non-hydrogen) atoms. The van der Waals surface area contributed by atoms with Crippen molar-refractivity contribution in [2.75, 3.05) is 0 Å². The molecule has 2 rings (SSSR count). The van der Waals surface area contributed by atoms with E-state index in [4.69, 9.17) is 4.42 Å². The van der Waals surface area contributed by atoms with Gasteiger partial charge in [-0.25, -0.2) is 4.39 Å². The lowest BCUT2D eigenvalue weighted by atomic mass is 10.1. The van der Waals surface area contributed by atoms with Gasteiger partial charge in [0.15, 0.2) is 0 Å². The fraction of sp³-hybridized carbons (Fsp3) is 0.154. The van der Waals surface area contributed by atoms with Gasteiger partial charge < -0.3 is 9.73 Å². The summed E-state index contributed by atoms with van der Waals surface area (Å²) in [7, 11) is 0. The lowest BCUT2D eigenvalue weighted by Gasteiger charge is -2.12. The highest BCUT2D eigenvalue weighted by atomic mass is 79.9. The highest BCUT2D eigenvalue weighted by Crippen LogP contribution is 2.21. The van der Waals surface area contributed by atoms with Crippen LogP contribution in [0.1, 0.15) is 29.1 Å². The number of carbonyl (C=O) groups excluding carboxylic acids is 1. The minimum Gasteiger partial charge on any atom is -0.467 e. The molecule has 5 heteroatoms. The van der Waals surface area contributed by atoms with E-state index in [2.05, 4.69) is 21.2 Å². The molecule has 1 N–H and O–H groups in total. The summed E-state index contributed by atoms with van der Waals surface area (Å²) in [5.41, 5.74) is -0.00379. The number of hydrogen-bond donors (Lipinski definition) is 1. The van der Waals surface area contributed by atoms with Crippen LogP contribution in [-0.2, 0) is 0 Å². The van der Waals surface area contributed by atoms with Crippen molar-refractivity contribution < 1.29 is 13.6 Å². The van der Waals surface area contributed by atoms with Gasteiger partial charge in [-0.3, -0.25) is 4.79 Å². The first kappa shape index (κ1) is 12.8. The Morgan fingerprint density at radius 2 is 2.17 bits per heavy atom. The zero-order valence-corrected chi connectivity index (χ0v) is 11.2. The summed E-state index contributed by atoms with van der Waals surface area (Å²) in [4.78, 5) is 12.0. The fourth-order valence-corrected chi connectivity index (χ4v) is 2.11. The zero-order valence-electron chi connectivity index (χ0n) is 9.61. The largest absolute Gasteiger partial charge is 0.467 e. The Labute approximate surface area is 112 Å². The molecule has 0 bridgehead atoms. The van der Waals surface area contributed by atoms with Gasteiger partial charge in [-0.15, -0.1) is 0 Å². The van der Waals surface area contributed by atoms with Crippen LogP contribution in [0.15, 0.2) is 45.5 Å². The maximum absolute atomic E-state index is 13.6. The number of halogens is 2. The van der Waals surface area contributed by atoms with Crippen molar-refractivity contribution in [2.24, 2.45) is 0 Å². The molecule has 1 heterocycles. The van der Waals surface area contributed by atoms with E-state index in [1.165, 1.54) is 18.4 Å². The molecule has 1 unspecified atom stereocenters. The monoisotopic (exact) mass is 311 g/mol. The molecule has 1 aromatic heterocycles. The number of hydrogen-bond acceptors (Lipinski definition) is 2. The zero-order chi connectivity index (χ0) is 13.1. The van der Waals surface area contributed by atoms with Crippen molar-refractivity contribution >= 4 is 21.8 Å². The fourth-order valence-electron chi connectivity index (χ4n) is 1.59. The highest BCUT2D eigenvalue weighted by Gasteiger charge is 2.18. The van der Waals surface area contributed by atoms with Crippen molar-refractivity contribution in [2.45, 2.75) is 13.0 Å². The standard InChI is InChI=1S/C13H11BrFNO2/c1-8(11-6-3-7-18-11)16-13(17)12-9(14)4-2-5-10(12)15/h2-8H,1H3,(H,16,17). The van der Waals surface area contributed by atoms with Crippen molar-refractivity contribution in [1.29, 1.82) is 0 Å². The molecule has 0 aliphatic heterocycles. The Morgan fingerprint density at radius 1 is 1.39 bits per heavy atom. The number of rotatable bonds is 3. The van der Waals surface area contributed by atoms with Crippen LogP contribution in [-0.4, -0.2) is 5.91 Å². The Hall–Kier alpha value is -1.62. The Bertz CT molecular complexity index is 534. The number of carbonyl (C=O) groups is 1. The van der Waals surface area contributed by atoms with Gasteiger partial charge in [0.05, 0.1) is 17.9 Å². The predicted molar refractivity (Wildman–Crippen MR) is 68.7 cm³/mol. The summed E-state index contributed by atoms with van der Waals surface area (Å²) >= 11 is 3.16. The van der Waals surface area contributed by atoms with E-state index in [0.717, 1.165) is 0 Å². The molecule has 0 radical (unpaired) electrons. The summed E-state index contributed by atoms with van der Waals surface area (Å²) < 4.78 is 19.2. The van der Waals surface area contributed by atoms with E-state index in [1.54, 1.807) is 25.1 Å². The van der Waals surface area contributed by atoms with Gasteiger partial charge in [0.2, 0.25) is 0 Å². The second-order valence-electron chi connectivity index (χ2n) is 3.81. The van der Waals surface area contributed by atoms with E-state index < -0.39 is 11.7 Å². The lowest BCUT2D eigenvalue weighted by molar-refractivity contribution is 0.0930. The number of furan rings is 1. The van der Waals surface area contributed by atoms with Crippen LogP contribution >= 0.6 is 15.9 Å². The topological polar surface area (TPSA) is 42.2 Å². The number of amides is 1. The van der Waals surface area contributed by atoms with Gasteiger partial charge in [0, 0.05) is 4.47 Å². The van der Waals surface area contributed by atoms with Crippen molar-refractivity contribution in [3.05, 3.63) is 58.2 Å². The van der Waals surface area contributed by atoms with Gasteiger partial charge in [0.25, 0.3) is 5.91 Å². The molecule has 0 saturated carbocycles. The SMILES string of the molecule is CC(NC(=O)c1c(F)cccc1Br)c1ccco1. The van der Waals surface area contributed by atoms with Crippen LogP contribution in [0.25, 0.3) is 0 Å². The second-order valence-corrected chi connectivity index (χ2v) is 4.66. The van der Waals surface area contributed by atoms with E-state index in [9.17, 15) is 9.18 Å². The number of nitrogens with one attached hydrogen (secondary N) is 1. The summed E-state index contributed by atoms with van der Waals surface area (Å²) in [6.07, 6.45) is 1.52. The predicted octanol–water partition coefficient (Wildman–Crippen LogP) is 3.67. The quantitative estimate of drug-likeness (QED) is 0.939. The van der Waals surface area contributed by atoms with Crippen molar-refractivity contribution in [3.8, 4) is 0 Å². The smallest absolute Gasteiger partial charge is 0.255 e. The first-order valence-corrected chi connectivity index (χ1v) is 6.17. The van der Waals surface area contributed by atoms with Crippen LogP contribution < -0.4 is 5.32 Å². The van der Waals surface area contributed by atoms with Gasteiger partial charge in [-0.05, 0) is 47.1 Å². The molecule has 0 aliphatic carbocycles. The van der Waals surface area contributed by atoms with Crippen LogP contribution in [0.3, 0.4) is 0 Å². The van der Waals surface area contributed by atoms with E-state index >= 15 is 0 Å². The molecule has 94 valence electrons. The van der Waals surface area contributed by atoms with Crippen LogP contribution in [0.4, 0.5) is 4.39 Å². The molecule has 2 aromatic rings. The summed E-state index contributed by atoms with van der Waals surface area (Å²) in [5.74, 6) is -0.423. The molecule has 0 saturated heterocycles. The lowest BCUT2D eigenvalue weighted by Crippen LogP contribution is -2.27. The minimum atomic E-state index is -0.562. The molecule has 0 spiro atoms. The summed E-state index contributed by atoms with van der Waals surface area (Å²) in [6, 6.07) is 7.57. The summed E-state index contributed by atoms with van der Waals surface area (Å²) in [5, 5.41) is 2.68. The van der Waals surface area contributed by atoms with E-state index in [0.29, 0.717) is 10.2 Å². The second kappa shape index (κ2) is 5.35. The maximum Gasteiger partial charge on any atom is 0.255 e. The Balaban J connectivity index is 2.18. The first-order chi connectivity index (χ1) is 8.59. The first-order valence-electron chi connectivity index (χ1n) is 5.38. The molecule has 0 aliphatic rings. The average molecular weight is 312 g/mol. The molecular weight excluding hydrogens is 301 g/mol. The third-order valence-electron chi connectivity index (χ3n) is 2.51. The minimum absolute atomic E-state index is 0.00379. The van der Waals surface area contributed by atoms with Gasteiger partial charge in [0.1, 0.15) is 11.6 Å². The van der Waals surface area contributed by atoms with Crippen LogP contribution in [0, 0.1) is 5.82 Å². The molecule has 0 fully saturated rings. The Kier molecular flexibility index (Phi) is 3.81. The number of benzene rings is 1. The maximum atomic E-state index is 13.6. The molecular formula is C13H11BrFNO2. The molecule has 1 aromatic carbocycles. The molecule has 1 atom stereocenters. The third kappa shape index (κ3) is 2.61. The van der Waals surface area contributed by atoms with Crippen LogP contribution in [0.5, 0.6) is 0 Å². The van der Waals surface area contributed by atoms with Gasteiger partial charge in [-0.1, -0.05) is 6.07 Å². The Morgan fingerprint density at radius 3 is 2.78 bits per heavy atom. The van der Waals surface area contributed by atoms with Gasteiger partial charge in [-0.2, -0.15) is 0 Å². The average Bonchev–Trinajstić information content (AvgIpc) is 2.81.